The molecule has 3 nitrogen and oxygen atoms in total. The molecule has 1 fully saturated rings. The summed E-state index contributed by atoms with van der Waals surface area (Å²) in [6.07, 6.45) is 2.70. The van der Waals surface area contributed by atoms with E-state index >= 15 is 0 Å². The zero-order valence-corrected chi connectivity index (χ0v) is 14.5. The maximum Gasteiger partial charge on any atom is 0.120 e. The van der Waals surface area contributed by atoms with Crippen molar-refractivity contribution in [3.05, 3.63) is 62.5 Å². The Bertz CT molecular complexity index is 644. The summed E-state index contributed by atoms with van der Waals surface area (Å²) in [5, 5.41) is 0. The van der Waals surface area contributed by atoms with E-state index < -0.39 is 0 Å². The van der Waals surface area contributed by atoms with Crippen molar-refractivity contribution in [2.24, 2.45) is 5.84 Å². The number of hydrogen-bond acceptors (Lipinski definition) is 3. The highest BCUT2D eigenvalue weighted by Crippen LogP contribution is 2.33. The maximum absolute atomic E-state index is 5.86. The normalized spacial score (nSPS) is 15.8. The lowest BCUT2D eigenvalue weighted by atomic mass is 9.99. The van der Waals surface area contributed by atoms with E-state index in [0.717, 1.165) is 38.7 Å². The van der Waals surface area contributed by atoms with Crippen LogP contribution in [0.4, 0.5) is 0 Å². The predicted octanol–water partition coefficient (Wildman–Crippen LogP) is 4.31. The van der Waals surface area contributed by atoms with Crippen LogP contribution in [0.2, 0.25) is 0 Å². The van der Waals surface area contributed by atoms with Gasteiger partial charge in [-0.1, -0.05) is 44.0 Å². The standard InChI is InChI=1S/C16H16Br2N2O/c17-11-4-7-15(18)14(9-11)16(20-19)10-2-1-3-13(8-10)21-12-5-6-12/h1-4,7-9,12,16,20H,5-6,19H2. The molecule has 0 spiro atoms. The van der Waals surface area contributed by atoms with Gasteiger partial charge in [-0.3, -0.25) is 5.84 Å². The monoisotopic (exact) mass is 410 g/mol. The fraction of sp³-hybridized carbons (Fsp3) is 0.250. The van der Waals surface area contributed by atoms with Crippen LogP contribution in [0, 0.1) is 0 Å². The van der Waals surface area contributed by atoms with Crippen LogP contribution in [0.5, 0.6) is 5.75 Å². The summed E-state index contributed by atoms with van der Waals surface area (Å²) in [4.78, 5) is 0. The summed E-state index contributed by atoms with van der Waals surface area (Å²) in [6, 6.07) is 14.1. The van der Waals surface area contributed by atoms with Crippen molar-refractivity contribution >= 4 is 31.9 Å². The molecular formula is C16H16Br2N2O. The van der Waals surface area contributed by atoms with Crippen molar-refractivity contribution in [1.29, 1.82) is 0 Å². The second kappa shape index (κ2) is 6.48. The first-order valence-corrected chi connectivity index (χ1v) is 8.43. The van der Waals surface area contributed by atoms with Crippen LogP contribution in [-0.4, -0.2) is 6.10 Å². The number of nitrogens with two attached hydrogens (primary N) is 1. The third kappa shape index (κ3) is 3.66. The van der Waals surface area contributed by atoms with Gasteiger partial charge in [-0.05, 0) is 54.3 Å². The van der Waals surface area contributed by atoms with Gasteiger partial charge in [0.25, 0.3) is 0 Å². The molecule has 0 saturated heterocycles. The van der Waals surface area contributed by atoms with Gasteiger partial charge in [-0.15, -0.1) is 0 Å². The molecule has 1 saturated carbocycles. The summed E-state index contributed by atoms with van der Waals surface area (Å²) in [5.41, 5.74) is 5.05. The average Bonchev–Trinajstić information content (AvgIpc) is 3.28. The van der Waals surface area contributed by atoms with E-state index in [2.05, 4.69) is 55.5 Å². The van der Waals surface area contributed by atoms with E-state index in [0.29, 0.717) is 6.10 Å². The first-order valence-electron chi connectivity index (χ1n) is 6.85. The minimum absolute atomic E-state index is 0.0976. The van der Waals surface area contributed by atoms with Crippen molar-refractivity contribution in [2.75, 3.05) is 0 Å². The summed E-state index contributed by atoms with van der Waals surface area (Å²) >= 11 is 7.10. The molecule has 2 aromatic carbocycles. The Kier molecular flexibility index (Phi) is 4.64. The molecule has 110 valence electrons. The van der Waals surface area contributed by atoms with E-state index in [9.17, 15) is 0 Å². The molecule has 1 unspecified atom stereocenters. The molecule has 0 radical (unpaired) electrons. The molecule has 0 heterocycles. The van der Waals surface area contributed by atoms with Gasteiger partial charge in [0.1, 0.15) is 5.75 Å². The molecule has 0 aliphatic heterocycles. The molecule has 1 atom stereocenters. The number of ether oxygens (including phenoxy) is 1. The van der Waals surface area contributed by atoms with E-state index in [4.69, 9.17) is 10.6 Å². The summed E-state index contributed by atoms with van der Waals surface area (Å²) in [6.45, 7) is 0. The topological polar surface area (TPSA) is 47.3 Å². The van der Waals surface area contributed by atoms with Gasteiger partial charge in [0, 0.05) is 8.95 Å². The van der Waals surface area contributed by atoms with Gasteiger partial charge in [0.15, 0.2) is 0 Å². The average molecular weight is 412 g/mol. The lowest BCUT2D eigenvalue weighted by Crippen LogP contribution is -2.29. The Labute approximate surface area is 141 Å². The summed E-state index contributed by atoms with van der Waals surface area (Å²) < 4.78 is 7.90. The highest BCUT2D eigenvalue weighted by Gasteiger charge is 2.24. The second-order valence-corrected chi connectivity index (χ2v) is 6.93. The number of halogens is 2. The Hall–Kier alpha value is -0.880. The van der Waals surface area contributed by atoms with Crippen LogP contribution in [-0.2, 0) is 0 Å². The van der Waals surface area contributed by atoms with E-state index in [1.54, 1.807) is 0 Å². The minimum atomic E-state index is -0.0976. The highest BCUT2D eigenvalue weighted by molar-refractivity contribution is 9.11. The third-order valence-corrected chi connectivity index (χ3v) is 4.67. The fourth-order valence-corrected chi connectivity index (χ4v) is 3.10. The number of rotatable bonds is 5. The van der Waals surface area contributed by atoms with Gasteiger partial charge in [0.05, 0.1) is 12.1 Å². The lowest BCUT2D eigenvalue weighted by Gasteiger charge is -2.19. The number of nitrogens with one attached hydrogen (secondary N) is 1. The lowest BCUT2D eigenvalue weighted by molar-refractivity contribution is 0.302. The first kappa shape index (κ1) is 15.0. The smallest absolute Gasteiger partial charge is 0.120 e. The van der Waals surface area contributed by atoms with Crippen LogP contribution < -0.4 is 16.0 Å². The molecule has 21 heavy (non-hydrogen) atoms. The summed E-state index contributed by atoms with van der Waals surface area (Å²) in [5.74, 6) is 6.70. The van der Waals surface area contributed by atoms with Crippen molar-refractivity contribution in [3.8, 4) is 5.75 Å². The molecule has 1 aliphatic carbocycles. The Morgan fingerprint density at radius 2 is 1.95 bits per heavy atom. The van der Waals surface area contributed by atoms with E-state index in [1.165, 1.54) is 0 Å². The Morgan fingerprint density at radius 1 is 1.14 bits per heavy atom. The van der Waals surface area contributed by atoms with Gasteiger partial charge < -0.3 is 4.74 Å². The minimum Gasteiger partial charge on any atom is -0.490 e. The number of benzene rings is 2. The van der Waals surface area contributed by atoms with Crippen molar-refractivity contribution in [1.82, 2.24) is 5.43 Å². The van der Waals surface area contributed by atoms with Gasteiger partial charge in [-0.2, -0.15) is 0 Å². The summed E-state index contributed by atoms with van der Waals surface area (Å²) in [7, 11) is 0. The molecule has 2 aromatic rings. The van der Waals surface area contributed by atoms with Crippen LogP contribution >= 0.6 is 31.9 Å². The second-order valence-electron chi connectivity index (χ2n) is 5.16. The third-order valence-electron chi connectivity index (χ3n) is 3.45. The van der Waals surface area contributed by atoms with Crippen molar-refractivity contribution in [2.45, 2.75) is 25.0 Å². The Morgan fingerprint density at radius 3 is 2.67 bits per heavy atom. The van der Waals surface area contributed by atoms with Crippen LogP contribution in [0.25, 0.3) is 0 Å². The van der Waals surface area contributed by atoms with Crippen LogP contribution in [0.3, 0.4) is 0 Å². The molecule has 5 heteroatoms. The SMILES string of the molecule is NNC(c1cccc(OC2CC2)c1)c1cc(Br)ccc1Br. The molecular weight excluding hydrogens is 396 g/mol. The zero-order valence-electron chi connectivity index (χ0n) is 11.4. The molecule has 0 amide bonds. The first-order chi connectivity index (χ1) is 10.2. The zero-order chi connectivity index (χ0) is 14.8. The maximum atomic E-state index is 5.86. The van der Waals surface area contributed by atoms with Crippen LogP contribution in [0.15, 0.2) is 51.4 Å². The van der Waals surface area contributed by atoms with Crippen LogP contribution in [0.1, 0.15) is 30.0 Å². The quantitative estimate of drug-likeness (QED) is 0.569. The van der Waals surface area contributed by atoms with E-state index in [-0.39, 0.29) is 6.04 Å². The fourth-order valence-electron chi connectivity index (χ4n) is 2.25. The predicted molar refractivity (Wildman–Crippen MR) is 91.1 cm³/mol. The van der Waals surface area contributed by atoms with Crippen molar-refractivity contribution < 1.29 is 4.74 Å². The van der Waals surface area contributed by atoms with Gasteiger partial charge in [0.2, 0.25) is 0 Å². The Balaban J connectivity index is 1.93. The highest BCUT2D eigenvalue weighted by atomic mass is 79.9. The largest absolute Gasteiger partial charge is 0.490 e. The number of hydrazine groups is 1. The van der Waals surface area contributed by atoms with Crippen molar-refractivity contribution in [3.63, 3.8) is 0 Å². The number of hydrogen-bond donors (Lipinski definition) is 2. The molecule has 3 rings (SSSR count). The molecule has 3 N–H and O–H groups in total. The molecule has 1 aliphatic rings. The molecule has 0 aromatic heterocycles. The van der Waals surface area contributed by atoms with E-state index in [1.807, 2.05) is 24.3 Å². The molecule has 0 bridgehead atoms. The van der Waals surface area contributed by atoms with Gasteiger partial charge in [-0.25, -0.2) is 5.43 Å². The van der Waals surface area contributed by atoms with Gasteiger partial charge >= 0.3 is 0 Å².